The second-order valence-electron chi connectivity index (χ2n) is 6.68. The van der Waals surface area contributed by atoms with Gasteiger partial charge in [-0.15, -0.1) is 0 Å². The molecule has 3 aromatic rings. The first-order chi connectivity index (χ1) is 12.8. The standard InChI is InChI=1S/C22H21ClN2O2/c1-13-5-6-14(2)21(9-13)24-12-17-10-15(3)25(16(17)4)18-7-8-19(22(26)27)20(23)11-18/h5-12H,1-4H3,(H,26,27). The maximum atomic E-state index is 11.2. The zero-order valence-electron chi connectivity index (χ0n) is 15.7. The molecule has 3 rings (SSSR count). The summed E-state index contributed by atoms with van der Waals surface area (Å²) in [7, 11) is 0. The molecule has 138 valence electrons. The summed E-state index contributed by atoms with van der Waals surface area (Å²) in [5, 5.41) is 9.37. The van der Waals surface area contributed by atoms with E-state index in [4.69, 9.17) is 16.7 Å². The van der Waals surface area contributed by atoms with Crippen LogP contribution in [-0.2, 0) is 0 Å². The summed E-state index contributed by atoms with van der Waals surface area (Å²) in [5.74, 6) is -1.03. The first kappa shape index (κ1) is 18.9. The molecule has 0 radical (unpaired) electrons. The van der Waals surface area contributed by atoms with Crippen LogP contribution in [0.15, 0.2) is 47.5 Å². The highest BCUT2D eigenvalue weighted by atomic mass is 35.5. The zero-order chi connectivity index (χ0) is 19.7. The maximum absolute atomic E-state index is 11.2. The average Bonchev–Trinajstić information content (AvgIpc) is 2.89. The molecule has 0 aliphatic heterocycles. The van der Waals surface area contributed by atoms with Gasteiger partial charge in [0.25, 0.3) is 0 Å². The molecule has 0 saturated heterocycles. The molecule has 27 heavy (non-hydrogen) atoms. The summed E-state index contributed by atoms with van der Waals surface area (Å²) in [6.07, 6.45) is 1.87. The Bertz CT molecular complexity index is 1060. The molecule has 0 fully saturated rings. The minimum atomic E-state index is -1.03. The number of hydrogen-bond donors (Lipinski definition) is 1. The fourth-order valence-electron chi connectivity index (χ4n) is 3.13. The van der Waals surface area contributed by atoms with Crippen LogP contribution >= 0.6 is 11.6 Å². The van der Waals surface area contributed by atoms with Crippen LogP contribution in [0, 0.1) is 27.7 Å². The molecule has 0 bridgehead atoms. The van der Waals surface area contributed by atoms with E-state index in [2.05, 4.69) is 36.2 Å². The van der Waals surface area contributed by atoms with Crippen molar-refractivity contribution in [3.8, 4) is 5.69 Å². The maximum Gasteiger partial charge on any atom is 0.337 e. The van der Waals surface area contributed by atoms with Gasteiger partial charge in [0.2, 0.25) is 0 Å². The number of halogens is 1. The first-order valence-corrected chi connectivity index (χ1v) is 8.99. The Balaban J connectivity index is 2.00. The van der Waals surface area contributed by atoms with Crippen LogP contribution in [0.4, 0.5) is 5.69 Å². The highest BCUT2D eigenvalue weighted by Gasteiger charge is 2.13. The number of aromatic nitrogens is 1. The largest absolute Gasteiger partial charge is 0.478 e. The van der Waals surface area contributed by atoms with Gasteiger partial charge in [-0.05, 0) is 69.2 Å². The van der Waals surface area contributed by atoms with E-state index in [0.29, 0.717) is 0 Å². The third-order valence-electron chi connectivity index (χ3n) is 4.62. The predicted octanol–water partition coefficient (Wildman–Crippen LogP) is 5.81. The molecule has 0 spiro atoms. The Hall–Kier alpha value is -2.85. The van der Waals surface area contributed by atoms with Gasteiger partial charge in [-0.2, -0.15) is 0 Å². The Morgan fingerprint density at radius 3 is 2.48 bits per heavy atom. The fraction of sp³-hybridized carbons (Fsp3) is 0.182. The van der Waals surface area contributed by atoms with E-state index in [9.17, 15) is 4.79 Å². The lowest BCUT2D eigenvalue weighted by atomic mass is 10.1. The highest BCUT2D eigenvalue weighted by Crippen LogP contribution is 2.26. The van der Waals surface area contributed by atoms with Gasteiger partial charge < -0.3 is 9.67 Å². The number of aryl methyl sites for hydroxylation is 3. The number of hydrogen-bond acceptors (Lipinski definition) is 2. The Morgan fingerprint density at radius 2 is 1.81 bits per heavy atom. The van der Waals surface area contributed by atoms with Crippen molar-refractivity contribution < 1.29 is 9.90 Å². The lowest BCUT2D eigenvalue weighted by Gasteiger charge is -2.11. The third-order valence-corrected chi connectivity index (χ3v) is 4.93. The van der Waals surface area contributed by atoms with Crippen molar-refractivity contribution in [1.82, 2.24) is 4.57 Å². The molecule has 0 unspecified atom stereocenters. The molecule has 5 heteroatoms. The minimum Gasteiger partial charge on any atom is -0.478 e. The molecule has 0 amide bonds. The molecular weight excluding hydrogens is 360 g/mol. The number of carbonyl (C=O) groups is 1. The fourth-order valence-corrected chi connectivity index (χ4v) is 3.39. The smallest absolute Gasteiger partial charge is 0.337 e. The van der Waals surface area contributed by atoms with E-state index in [1.165, 1.54) is 11.6 Å². The topological polar surface area (TPSA) is 54.6 Å². The summed E-state index contributed by atoms with van der Waals surface area (Å²) in [4.78, 5) is 15.8. The van der Waals surface area contributed by atoms with E-state index in [0.717, 1.165) is 33.9 Å². The zero-order valence-corrected chi connectivity index (χ0v) is 16.5. The molecule has 4 nitrogen and oxygen atoms in total. The van der Waals surface area contributed by atoms with Gasteiger partial charge in [0.05, 0.1) is 16.3 Å². The number of carboxylic acid groups (broad SMARTS) is 1. The number of nitrogens with zero attached hydrogens (tertiary/aromatic N) is 2. The number of aromatic carboxylic acids is 1. The molecule has 1 aromatic heterocycles. The molecule has 2 aromatic carbocycles. The lowest BCUT2D eigenvalue weighted by Crippen LogP contribution is -2.02. The monoisotopic (exact) mass is 380 g/mol. The van der Waals surface area contributed by atoms with E-state index < -0.39 is 5.97 Å². The van der Waals surface area contributed by atoms with Crippen LogP contribution in [-0.4, -0.2) is 21.9 Å². The molecule has 0 aliphatic rings. The molecular formula is C22H21ClN2O2. The van der Waals surface area contributed by atoms with Crippen LogP contribution < -0.4 is 0 Å². The number of rotatable bonds is 4. The first-order valence-electron chi connectivity index (χ1n) is 8.61. The van der Waals surface area contributed by atoms with Crippen molar-refractivity contribution >= 4 is 29.5 Å². The average molecular weight is 381 g/mol. The number of benzene rings is 2. The van der Waals surface area contributed by atoms with Gasteiger partial charge in [0, 0.05) is 28.9 Å². The van der Waals surface area contributed by atoms with Crippen LogP contribution in [0.3, 0.4) is 0 Å². The Morgan fingerprint density at radius 1 is 1.07 bits per heavy atom. The summed E-state index contributed by atoms with van der Waals surface area (Å²) < 4.78 is 2.04. The summed E-state index contributed by atoms with van der Waals surface area (Å²) >= 11 is 6.14. The van der Waals surface area contributed by atoms with E-state index >= 15 is 0 Å². The molecule has 1 heterocycles. The second-order valence-corrected chi connectivity index (χ2v) is 7.09. The predicted molar refractivity (Wildman–Crippen MR) is 110 cm³/mol. The molecule has 1 N–H and O–H groups in total. The van der Waals surface area contributed by atoms with Crippen molar-refractivity contribution in [2.75, 3.05) is 0 Å². The van der Waals surface area contributed by atoms with Crippen molar-refractivity contribution in [1.29, 1.82) is 0 Å². The lowest BCUT2D eigenvalue weighted by molar-refractivity contribution is 0.0697. The van der Waals surface area contributed by atoms with Gasteiger partial charge >= 0.3 is 5.97 Å². The van der Waals surface area contributed by atoms with Gasteiger partial charge in [-0.25, -0.2) is 4.79 Å². The van der Waals surface area contributed by atoms with E-state index in [1.54, 1.807) is 12.1 Å². The third kappa shape index (κ3) is 3.81. The number of carboxylic acids is 1. The summed E-state index contributed by atoms with van der Waals surface area (Å²) in [5.41, 5.74) is 7.22. The van der Waals surface area contributed by atoms with Gasteiger partial charge in [-0.1, -0.05) is 23.7 Å². The van der Waals surface area contributed by atoms with Crippen molar-refractivity contribution in [3.05, 3.63) is 81.1 Å². The van der Waals surface area contributed by atoms with E-state index in [-0.39, 0.29) is 10.6 Å². The van der Waals surface area contributed by atoms with E-state index in [1.807, 2.05) is 31.6 Å². The van der Waals surface area contributed by atoms with Crippen LogP contribution in [0.25, 0.3) is 5.69 Å². The van der Waals surface area contributed by atoms with Gasteiger partial charge in [-0.3, -0.25) is 4.99 Å². The molecule has 0 saturated carbocycles. The quantitative estimate of drug-likeness (QED) is 0.580. The minimum absolute atomic E-state index is 0.0968. The van der Waals surface area contributed by atoms with Crippen molar-refractivity contribution in [2.45, 2.75) is 27.7 Å². The second kappa shape index (κ2) is 7.41. The summed E-state index contributed by atoms with van der Waals surface area (Å²) in [6, 6.07) is 13.2. The summed E-state index contributed by atoms with van der Waals surface area (Å²) in [6.45, 7) is 8.11. The highest BCUT2D eigenvalue weighted by molar-refractivity contribution is 6.33. The Kier molecular flexibility index (Phi) is 5.19. The van der Waals surface area contributed by atoms with Crippen molar-refractivity contribution in [3.63, 3.8) is 0 Å². The van der Waals surface area contributed by atoms with Crippen LogP contribution in [0.2, 0.25) is 5.02 Å². The van der Waals surface area contributed by atoms with Crippen LogP contribution in [0.5, 0.6) is 0 Å². The van der Waals surface area contributed by atoms with Gasteiger partial charge in [0.15, 0.2) is 0 Å². The van der Waals surface area contributed by atoms with Crippen molar-refractivity contribution in [2.24, 2.45) is 4.99 Å². The Labute approximate surface area is 163 Å². The molecule has 0 aliphatic carbocycles. The SMILES string of the molecule is Cc1ccc(C)c(N=Cc2cc(C)n(-c3ccc(C(=O)O)c(Cl)c3)c2C)c1. The number of aliphatic imine (C=N–C) groups is 1. The van der Waals surface area contributed by atoms with Crippen LogP contribution in [0.1, 0.15) is 38.4 Å². The van der Waals surface area contributed by atoms with Gasteiger partial charge in [0.1, 0.15) is 0 Å². The molecule has 0 atom stereocenters. The normalized spacial score (nSPS) is 11.3.